The van der Waals surface area contributed by atoms with Crippen molar-refractivity contribution in [1.29, 1.82) is 5.26 Å². The van der Waals surface area contributed by atoms with Gasteiger partial charge < -0.3 is 10.2 Å². The number of nitrogens with zero attached hydrogens (tertiary/aromatic N) is 2. The minimum Gasteiger partial charge on any atom is -0.382 e. The Morgan fingerprint density at radius 2 is 1.86 bits per heavy atom. The van der Waals surface area contributed by atoms with Gasteiger partial charge in [-0.15, -0.1) is 0 Å². The summed E-state index contributed by atoms with van der Waals surface area (Å²) in [6, 6.07) is 16.7. The molecule has 1 atom stereocenters. The predicted octanol–water partition coefficient (Wildman–Crippen LogP) is 3.41. The molecule has 0 radical (unpaired) electrons. The highest BCUT2D eigenvalue weighted by atomic mass is 19.1. The van der Waals surface area contributed by atoms with Crippen LogP contribution in [-0.2, 0) is 0 Å². The van der Waals surface area contributed by atoms with Gasteiger partial charge in [0.15, 0.2) is 0 Å². The molecule has 21 heavy (non-hydrogen) atoms. The van der Waals surface area contributed by atoms with Crippen LogP contribution in [0.2, 0.25) is 0 Å². The van der Waals surface area contributed by atoms with E-state index in [2.05, 4.69) is 22.3 Å². The molecule has 0 amide bonds. The minimum absolute atomic E-state index is 0.0584. The van der Waals surface area contributed by atoms with Crippen molar-refractivity contribution in [3.8, 4) is 6.07 Å². The Kier molecular flexibility index (Phi) is 4.91. The molecule has 0 aromatic heterocycles. The van der Waals surface area contributed by atoms with Crippen molar-refractivity contribution < 1.29 is 4.39 Å². The maximum Gasteiger partial charge on any atom is 0.143 e. The molecule has 0 aliphatic heterocycles. The molecule has 2 aromatic rings. The van der Waals surface area contributed by atoms with Crippen LogP contribution in [0.1, 0.15) is 17.2 Å². The van der Waals surface area contributed by atoms with Gasteiger partial charge >= 0.3 is 0 Å². The number of nitrogens with one attached hydrogen (secondary N) is 1. The van der Waals surface area contributed by atoms with Gasteiger partial charge in [-0.3, -0.25) is 0 Å². The number of rotatable bonds is 5. The zero-order valence-electron chi connectivity index (χ0n) is 12.2. The van der Waals surface area contributed by atoms with Crippen molar-refractivity contribution in [1.82, 2.24) is 4.90 Å². The van der Waals surface area contributed by atoms with Gasteiger partial charge in [-0.25, -0.2) is 4.39 Å². The molecule has 1 N–H and O–H groups in total. The van der Waals surface area contributed by atoms with Crippen molar-refractivity contribution in [3.63, 3.8) is 0 Å². The highest BCUT2D eigenvalue weighted by Crippen LogP contribution is 2.22. The van der Waals surface area contributed by atoms with E-state index in [1.165, 1.54) is 11.6 Å². The Balaban J connectivity index is 2.18. The first-order valence-electron chi connectivity index (χ1n) is 6.77. The molecule has 0 aliphatic carbocycles. The fourth-order valence-corrected chi connectivity index (χ4v) is 2.27. The lowest BCUT2D eigenvalue weighted by molar-refractivity contribution is 0.312. The van der Waals surface area contributed by atoms with E-state index in [4.69, 9.17) is 5.26 Å². The van der Waals surface area contributed by atoms with Crippen LogP contribution in [0.5, 0.6) is 0 Å². The van der Waals surface area contributed by atoms with E-state index in [0.717, 1.165) is 0 Å². The maximum atomic E-state index is 13.6. The van der Waals surface area contributed by atoms with Crippen LogP contribution in [0.3, 0.4) is 0 Å². The van der Waals surface area contributed by atoms with E-state index < -0.39 is 5.82 Å². The topological polar surface area (TPSA) is 39.1 Å². The van der Waals surface area contributed by atoms with Crippen molar-refractivity contribution in [2.24, 2.45) is 0 Å². The number of likely N-dealkylation sites (N-methyl/N-ethyl adjacent to an activating group) is 1. The van der Waals surface area contributed by atoms with Gasteiger partial charge in [-0.05, 0) is 31.8 Å². The normalized spacial score (nSPS) is 12.0. The van der Waals surface area contributed by atoms with Crippen molar-refractivity contribution in [2.45, 2.75) is 6.04 Å². The molecular formula is C17H18FN3. The van der Waals surface area contributed by atoms with Crippen LogP contribution in [-0.4, -0.2) is 25.5 Å². The highest BCUT2D eigenvalue weighted by Gasteiger charge is 2.15. The number of halogens is 1. The molecule has 0 fully saturated rings. The Morgan fingerprint density at radius 1 is 1.14 bits per heavy atom. The first kappa shape index (κ1) is 15.0. The molecule has 2 rings (SSSR count). The van der Waals surface area contributed by atoms with Crippen LogP contribution < -0.4 is 5.32 Å². The third-order valence-corrected chi connectivity index (χ3v) is 3.42. The monoisotopic (exact) mass is 283 g/mol. The molecule has 108 valence electrons. The van der Waals surface area contributed by atoms with E-state index in [1.807, 2.05) is 38.4 Å². The van der Waals surface area contributed by atoms with E-state index >= 15 is 0 Å². The Labute approximate surface area is 124 Å². The zero-order chi connectivity index (χ0) is 15.2. The Bertz CT molecular complexity index is 632. The van der Waals surface area contributed by atoms with Gasteiger partial charge in [0.05, 0.1) is 11.7 Å². The van der Waals surface area contributed by atoms with Crippen LogP contribution in [0.15, 0.2) is 48.5 Å². The quantitative estimate of drug-likeness (QED) is 0.914. The summed E-state index contributed by atoms with van der Waals surface area (Å²) in [7, 11) is 3.99. The van der Waals surface area contributed by atoms with Crippen molar-refractivity contribution in [2.75, 3.05) is 26.0 Å². The zero-order valence-corrected chi connectivity index (χ0v) is 12.2. The molecule has 1 unspecified atom stereocenters. The fraction of sp³-hybridized carbons (Fsp3) is 0.235. The smallest absolute Gasteiger partial charge is 0.143 e. The number of nitriles is 1. The number of hydrogen-bond acceptors (Lipinski definition) is 3. The second kappa shape index (κ2) is 6.87. The molecule has 0 spiro atoms. The number of hydrogen-bond donors (Lipinski definition) is 1. The summed E-state index contributed by atoms with van der Waals surface area (Å²) in [4.78, 5) is 2.09. The second-order valence-electron chi connectivity index (χ2n) is 5.05. The molecule has 0 bridgehead atoms. The first-order valence-corrected chi connectivity index (χ1v) is 6.77. The van der Waals surface area contributed by atoms with Crippen molar-refractivity contribution in [3.05, 3.63) is 65.5 Å². The lowest BCUT2D eigenvalue weighted by Crippen LogP contribution is -2.27. The minimum atomic E-state index is -0.497. The van der Waals surface area contributed by atoms with Crippen LogP contribution in [0, 0.1) is 17.1 Å². The fourth-order valence-electron chi connectivity index (χ4n) is 2.27. The van der Waals surface area contributed by atoms with E-state index in [9.17, 15) is 4.39 Å². The van der Waals surface area contributed by atoms with Gasteiger partial charge in [-0.1, -0.05) is 36.4 Å². The van der Waals surface area contributed by atoms with Gasteiger partial charge in [0.2, 0.25) is 0 Å². The molecule has 0 aliphatic rings. The molecule has 0 heterocycles. The third-order valence-electron chi connectivity index (χ3n) is 3.42. The van der Waals surface area contributed by atoms with Crippen LogP contribution >= 0.6 is 0 Å². The summed E-state index contributed by atoms with van der Waals surface area (Å²) in [6.07, 6.45) is 0. The van der Waals surface area contributed by atoms with Gasteiger partial charge in [-0.2, -0.15) is 5.26 Å². The highest BCUT2D eigenvalue weighted by molar-refractivity contribution is 5.58. The standard InChI is InChI=1S/C17H18FN3/c1-21(2)17(13-7-4-3-5-8-13)12-20-16-10-6-9-15(18)14(16)11-19/h3-10,17,20H,12H2,1-2H3. The lowest BCUT2D eigenvalue weighted by atomic mass is 10.1. The SMILES string of the molecule is CN(C)C(CNc1cccc(F)c1C#N)c1ccccc1. The number of benzene rings is 2. The number of anilines is 1. The van der Waals surface area contributed by atoms with E-state index in [0.29, 0.717) is 12.2 Å². The van der Waals surface area contributed by atoms with Crippen molar-refractivity contribution >= 4 is 5.69 Å². The molecule has 3 nitrogen and oxygen atoms in total. The summed E-state index contributed by atoms with van der Waals surface area (Å²) < 4.78 is 13.6. The summed E-state index contributed by atoms with van der Waals surface area (Å²) >= 11 is 0. The molecular weight excluding hydrogens is 265 g/mol. The van der Waals surface area contributed by atoms with E-state index in [1.54, 1.807) is 12.1 Å². The molecule has 0 saturated heterocycles. The molecule has 4 heteroatoms. The van der Waals surface area contributed by atoms with Gasteiger partial charge in [0.25, 0.3) is 0 Å². The van der Waals surface area contributed by atoms with Gasteiger partial charge in [0.1, 0.15) is 17.4 Å². The van der Waals surface area contributed by atoms with Crippen LogP contribution in [0.25, 0.3) is 0 Å². The Morgan fingerprint density at radius 3 is 2.48 bits per heavy atom. The van der Waals surface area contributed by atoms with Gasteiger partial charge in [0, 0.05) is 6.54 Å². The largest absolute Gasteiger partial charge is 0.382 e. The summed E-state index contributed by atoms with van der Waals surface area (Å²) in [5, 5.41) is 12.2. The molecule has 2 aromatic carbocycles. The molecule has 0 saturated carbocycles. The maximum absolute atomic E-state index is 13.6. The lowest BCUT2D eigenvalue weighted by Gasteiger charge is -2.25. The van der Waals surface area contributed by atoms with Crippen LogP contribution in [0.4, 0.5) is 10.1 Å². The van der Waals surface area contributed by atoms with E-state index in [-0.39, 0.29) is 11.6 Å². The average molecular weight is 283 g/mol. The second-order valence-corrected chi connectivity index (χ2v) is 5.05. The third kappa shape index (κ3) is 3.59. The summed E-state index contributed by atoms with van der Waals surface area (Å²) in [5.41, 5.74) is 1.76. The predicted molar refractivity (Wildman–Crippen MR) is 82.5 cm³/mol. The first-order chi connectivity index (χ1) is 10.1. The summed E-state index contributed by atoms with van der Waals surface area (Å²) in [5.74, 6) is -0.497. The average Bonchev–Trinajstić information content (AvgIpc) is 2.48. The Hall–Kier alpha value is -2.38. The summed E-state index contributed by atoms with van der Waals surface area (Å²) in [6.45, 7) is 0.592.